The molecule has 1 heterocycles. The van der Waals surface area contributed by atoms with Gasteiger partial charge in [-0.25, -0.2) is 10.2 Å². The summed E-state index contributed by atoms with van der Waals surface area (Å²) in [5.74, 6) is 0.668. The molecule has 8 nitrogen and oxygen atoms in total. The fourth-order valence-electron chi connectivity index (χ4n) is 1.83. The number of halogens is 1. The molecule has 0 radical (unpaired) electrons. The normalized spacial score (nSPS) is 11.5. The molecule has 0 saturated heterocycles. The number of hydrogen-bond acceptors (Lipinski definition) is 6. The Balaban J connectivity index is 2.10. The minimum absolute atomic E-state index is 0.0994. The average Bonchev–Trinajstić information content (AvgIpc) is 2.94. The second-order valence-electron chi connectivity index (χ2n) is 6.00. The third-order valence-electron chi connectivity index (χ3n) is 2.80. The number of benzene rings is 1. The minimum atomic E-state index is -0.697. The van der Waals surface area contributed by atoms with E-state index < -0.39 is 16.6 Å². The molecule has 0 bridgehead atoms. The molecule has 1 aromatic carbocycles. The number of amides is 1. The van der Waals surface area contributed by atoms with Crippen LogP contribution in [0.15, 0.2) is 39.9 Å². The van der Waals surface area contributed by atoms with E-state index in [4.69, 9.17) is 20.8 Å². The topological polar surface area (TPSA) is 107 Å². The molecule has 0 aliphatic rings. The van der Waals surface area contributed by atoms with Crippen molar-refractivity contribution < 1.29 is 18.9 Å². The molecule has 0 aliphatic heterocycles. The van der Waals surface area contributed by atoms with Gasteiger partial charge in [0.1, 0.15) is 17.1 Å². The number of non-ortho nitro benzene ring substituents is 1. The molecule has 132 valence electrons. The van der Waals surface area contributed by atoms with Crippen molar-refractivity contribution in [2.75, 3.05) is 0 Å². The van der Waals surface area contributed by atoms with E-state index >= 15 is 0 Å². The number of nitrogens with one attached hydrogen (secondary N) is 1. The van der Waals surface area contributed by atoms with Crippen LogP contribution in [0.4, 0.5) is 10.5 Å². The van der Waals surface area contributed by atoms with Gasteiger partial charge in [-0.3, -0.25) is 10.1 Å². The number of rotatable bonds is 4. The van der Waals surface area contributed by atoms with Crippen molar-refractivity contribution >= 4 is 29.6 Å². The molecule has 0 saturated carbocycles. The average molecular weight is 366 g/mol. The largest absolute Gasteiger partial charge is 0.455 e. The molecule has 1 amide bonds. The highest BCUT2D eigenvalue weighted by Crippen LogP contribution is 2.32. The van der Waals surface area contributed by atoms with Crippen LogP contribution >= 0.6 is 11.6 Å². The molecule has 0 aliphatic carbocycles. The van der Waals surface area contributed by atoms with E-state index in [0.29, 0.717) is 22.1 Å². The second-order valence-corrected chi connectivity index (χ2v) is 6.40. The number of hydrazone groups is 1. The number of nitro groups is 1. The lowest BCUT2D eigenvalue weighted by Gasteiger charge is -2.18. The number of hydrogen-bond donors (Lipinski definition) is 1. The zero-order valence-corrected chi connectivity index (χ0v) is 14.5. The molecule has 9 heteroatoms. The van der Waals surface area contributed by atoms with Gasteiger partial charge in [-0.15, -0.1) is 0 Å². The van der Waals surface area contributed by atoms with E-state index in [-0.39, 0.29) is 5.69 Å². The maximum absolute atomic E-state index is 11.5. The Morgan fingerprint density at radius 3 is 2.72 bits per heavy atom. The van der Waals surface area contributed by atoms with Gasteiger partial charge in [0.15, 0.2) is 0 Å². The third-order valence-corrected chi connectivity index (χ3v) is 3.13. The summed E-state index contributed by atoms with van der Waals surface area (Å²) in [5, 5.41) is 14.9. The summed E-state index contributed by atoms with van der Waals surface area (Å²) in [6.07, 6.45) is 0.579. The summed E-state index contributed by atoms with van der Waals surface area (Å²) < 4.78 is 10.5. The first-order valence-corrected chi connectivity index (χ1v) is 7.60. The van der Waals surface area contributed by atoms with Gasteiger partial charge in [-0.05, 0) is 39.0 Å². The number of nitro benzene ring substituents is 1. The van der Waals surface area contributed by atoms with Gasteiger partial charge < -0.3 is 9.15 Å². The van der Waals surface area contributed by atoms with Gasteiger partial charge in [-0.1, -0.05) is 11.6 Å². The minimum Gasteiger partial charge on any atom is -0.455 e. The number of nitrogens with zero attached hydrogens (tertiary/aromatic N) is 2. The van der Waals surface area contributed by atoms with Crippen molar-refractivity contribution in [3.05, 3.63) is 51.2 Å². The Morgan fingerprint density at radius 1 is 1.36 bits per heavy atom. The van der Waals surface area contributed by atoms with Gasteiger partial charge >= 0.3 is 6.09 Å². The van der Waals surface area contributed by atoms with Crippen molar-refractivity contribution in [3.8, 4) is 11.3 Å². The van der Waals surface area contributed by atoms with Crippen LogP contribution < -0.4 is 5.43 Å². The van der Waals surface area contributed by atoms with E-state index in [1.165, 1.54) is 24.4 Å². The summed E-state index contributed by atoms with van der Waals surface area (Å²) in [7, 11) is 0. The van der Waals surface area contributed by atoms with E-state index in [0.717, 1.165) is 0 Å². The van der Waals surface area contributed by atoms with Crippen LogP contribution in [-0.4, -0.2) is 22.8 Å². The molecular formula is C16H16ClN3O5. The maximum atomic E-state index is 11.5. The van der Waals surface area contributed by atoms with Gasteiger partial charge in [0.2, 0.25) is 0 Å². The number of carbonyl (C=O) groups excluding carboxylic acids is 1. The molecule has 0 atom stereocenters. The number of furan rings is 1. The fraction of sp³-hybridized carbons (Fsp3) is 0.250. The summed E-state index contributed by atoms with van der Waals surface area (Å²) in [6, 6.07) is 7.24. The molecular weight excluding hydrogens is 350 g/mol. The summed E-state index contributed by atoms with van der Waals surface area (Å²) in [5.41, 5.74) is 1.86. The maximum Gasteiger partial charge on any atom is 0.428 e. The van der Waals surface area contributed by atoms with Gasteiger partial charge in [0.05, 0.1) is 16.2 Å². The lowest BCUT2D eigenvalue weighted by molar-refractivity contribution is -0.384. The Kier molecular flexibility index (Phi) is 5.43. The Bertz CT molecular complexity index is 823. The van der Waals surface area contributed by atoms with Crippen molar-refractivity contribution in [3.63, 3.8) is 0 Å². The molecule has 0 spiro atoms. The first kappa shape index (κ1) is 18.5. The zero-order valence-electron chi connectivity index (χ0n) is 13.8. The van der Waals surface area contributed by atoms with Crippen LogP contribution in [0.2, 0.25) is 5.02 Å². The van der Waals surface area contributed by atoms with Crippen molar-refractivity contribution in [2.45, 2.75) is 26.4 Å². The molecule has 0 unspecified atom stereocenters. The van der Waals surface area contributed by atoms with Crippen LogP contribution in [0.5, 0.6) is 0 Å². The van der Waals surface area contributed by atoms with Gasteiger partial charge in [0, 0.05) is 17.7 Å². The van der Waals surface area contributed by atoms with Crippen molar-refractivity contribution in [1.82, 2.24) is 5.43 Å². The lowest BCUT2D eigenvalue weighted by Crippen LogP contribution is -2.29. The molecule has 25 heavy (non-hydrogen) atoms. The predicted octanol–water partition coefficient (Wildman–Crippen LogP) is 4.37. The van der Waals surface area contributed by atoms with Gasteiger partial charge in [0.25, 0.3) is 5.69 Å². The molecule has 1 aromatic heterocycles. The highest BCUT2D eigenvalue weighted by molar-refractivity contribution is 6.33. The molecule has 2 aromatic rings. The number of carbonyl (C=O) groups is 1. The monoisotopic (exact) mass is 365 g/mol. The number of ether oxygens (including phenoxy) is 1. The molecule has 1 N–H and O–H groups in total. The Morgan fingerprint density at radius 2 is 2.08 bits per heavy atom. The predicted molar refractivity (Wildman–Crippen MR) is 92.8 cm³/mol. The summed E-state index contributed by atoms with van der Waals surface area (Å²) in [4.78, 5) is 21.8. The van der Waals surface area contributed by atoms with Crippen molar-refractivity contribution in [2.24, 2.45) is 5.10 Å². The Hall–Kier alpha value is -2.87. The quantitative estimate of drug-likeness (QED) is 0.492. The second kappa shape index (κ2) is 7.35. The fourth-order valence-corrected chi connectivity index (χ4v) is 2.04. The highest BCUT2D eigenvalue weighted by atomic mass is 35.5. The lowest BCUT2D eigenvalue weighted by atomic mass is 10.1. The van der Waals surface area contributed by atoms with E-state index in [1.807, 2.05) is 0 Å². The molecule has 0 fully saturated rings. The van der Waals surface area contributed by atoms with Crippen LogP contribution in [0.25, 0.3) is 11.3 Å². The summed E-state index contributed by atoms with van der Waals surface area (Å²) in [6.45, 7) is 5.20. The Labute approximate surface area is 148 Å². The van der Waals surface area contributed by atoms with Crippen LogP contribution in [0, 0.1) is 10.1 Å². The third kappa shape index (κ3) is 5.32. The standard InChI is InChI=1S/C16H16ClN3O5/c1-16(2,3)25-15(21)19-18-9-11-5-7-14(24-11)12-8-10(20(22)23)4-6-13(12)17/h4-9H,1-3H3,(H,19,21)/b18-9+. The zero-order chi connectivity index (χ0) is 18.6. The van der Waals surface area contributed by atoms with Crippen LogP contribution in [0.1, 0.15) is 26.5 Å². The first-order chi connectivity index (χ1) is 11.7. The van der Waals surface area contributed by atoms with E-state index in [9.17, 15) is 14.9 Å². The van der Waals surface area contributed by atoms with Crippen molar-refractivity contribution in [1.29, 1.82) is 0 Å². The van der Waals surface area contributed by atoms with Gasteiger partial charge in [-0.2, -0.15) is 5.10 Å². The SMILES string of the molecule is CC(C)(C)OC(=O)N/N=C/c1ccc(-c2cc([N+](=O)[O-])ccc2Cl)o1. The summed E-state index contributed by atoms with van der Waals surface area (Å²) >= 11 is 6.06. The molecule has 2 rings (SSSR count). The smallest absolute Gasteiger partial charge is 0.428 e. The van der Waals surface area contributed by atoms with Crippen LogP contribution in [-0.2, 0) is 4.74 Å². The first-order valence-electron chi connectivity index (χ1n) is 7.22. The van der Waals surface area contributed by atoms with Crippen LogP contribution in [0.3, 0.4) is 0 Å². The van der Waals surface area contributed by atoms with E-state index in [1.54, 1.807) is 32.9 Å². The highest BCUT2D eigenvalue weighted by Gasteiger charge is 2.16. The van der Waals surface area contributed by atoms with E-state index in [2.05, 4.69) is 10.5 Å².